The van der Waals surface area contributed by atoms with E-state index in [1.54, 1.807) is 14.2 Å². The van der Waals surface area contributed by atoms with Crippen molar-refractivity contribution >= 4 is 5.96 Å². The molecular weight excluding hydrogens is 250 g/mol. The summed E-state index contributed by atoms with van der Waals surface area (Å²) in [5.74, 6) is 1.77. The number of ether oxygens (including phenoxy) is 1. The maximum absolute atomic E-state index is 5.23. The first-order chi connectivity index (χ1) is 9.44. The van der Waals surface area contributed by atoms with Gasteiger partial charge in [-0.25, -0.2) is 0 Å². The average Bonchev–Trinajstić information content (AvgIpc) is 2.41. The molecule has 4 nitrogen and oxygen atoms in total. The molecule has 1 aromatic rings. The molecule has 20 heavy (non-hydrogen) atoms. The molecule has 0 bridgehead atoms. The average molecular weight is 277 g/mol. The summed E-state index contributed by atoms with van der Waals surface area (Å²) in [6.07, 6.45) is 2.08. The van der Waals surface area contributed by atoms with Gasteiger partial charge in [0.15, 0.2) is 5.96 Å². The fourth-order valence-electron chi connectivity index (χ4n) is 1.86. The van der Waals surface area contributed by atoms with Gasteiger partial charge in [-0.1, -0.05) is 12.1 Å². The van der Waals surface area contributed by atoms with E-state index in [0.717, 1.165) is 31.1 Å². The van der Waals surface area contributed by atoms with Crippen molar-refractivity contribution in [1.82, 2.24) is 10.6 Å². The van der Waals surface area contributed by atoms with E-state index in [1.807, 2.05) is 12.1 Å². The van der Waals surface area contributed by atoms with Crippen LogP contribution in [0.3, 0.4) is 0 Å². The number of hydrogen-bond donors (Lipinski definition) is 2. The molecule has 0 aliphatic carbocycles. The highest BCUT2D eigenvalue weighted by molar-refractivity contribution is 5.80. The second-order valence-corrected chi connectivity index (χ2v) is 5.83. The minimum atomic E-state index is 0.0225. The molecule has 0 fully saturated rings. The number of aliphatic imine (C=N–C) groups is 1. The number of nitrogens with one attached hydrogen (secondary N) is 2. The van der Waals surface area contributed by atoms with Crippen LogP contribution in [0, 0.1) is 0 Å². The van der Waals surface area contributed by atoms with Crippen molar-refractivity contribution in [2.24, 2.45) is 4.99 Å². The van der Waals surface area contributed by atoms with Gasteiger partial charge in [0.2, 0.25) is 0 Å². The zero-order chi connectivity index (χ0) is 15.0. The lowest BCUT2D eigenvalue weighted by Crippen LogP contribution is -2.47. The van der Waals surface area contributed by atoms with Crippen molar-refractivity contribution in [2.75, 3.05) is 20.7 Å². The molecule has 4 heteroatoms. The molecule has 0 saturated heterocycles. The first-order valence-electron chi connectivity index (χ1n) is 7.06. The van der Waals surface area contributed by atoms with Gasteiger partial charge >= 0.3 is 0 Å². The van der Waals surface area contributed by atoms with Gasteiger partial charge in [0.1, 0.15) is 5.75 Å². The van der Waals surface area contributed by atoms with E-state index in [9.17, 15) is 0 Å². The molecule has 1 aromatic carbocycles. The number of guanidine groups is 1. The van der Waals surface area contributed by atoms with Crippen molar-refractivity contribution in [1.29, 1.82) is 0 Å². The van der Waals surface area contributed by atoms with Crippen molar-refractivity contribution in [3.63, 3.8) is 0 Å². The summed E-state index contributed by atoms with van der Waals surface area (Å²) < 4.78 is 5.23. The third-order valence-electron chi connectivity index (χ3n) is 2.79. The summed E-state index contributed by atoms with van der Waals surface area (Å²) in [4.78, 5) is 4.22. The van der Waals surface area contributed by atoms with Gasteiger partial charge < -0.3 is 15.4 Å². The molecule has 112 valence electrons. The number of hydrogen-bond acceptors (Lipinski definition) is 2. The smallest absolute Gasteiger partial charge is 0.191 e. The predicted molar refractivity (Wildman–Crippen MR) is 85.6 cm³/mol. The van der Waals surface area contributed by atoms with Crippen LogP contribution in [0.2, 0.25) is 0 Å². The van der Waals surface area contributed by atoms with E-state index in [4.69, 9.17) is 4.74 Å². The van der Waals surface area contributed by atoms with E-state index >= 15 is 0 Å². The van der Waals surface area contributed by atoms with Crippen LogP contribution in [0.15, 0.2) is 29.3 Å². The predicted octanol–water partition coefficient (Wildman–Crippen LogP) is 2.59. The minimum absolute atomic E-state index is 0.0225. The number of methoxy groups -OCH3 is 1. The molecule has 0 radical (unpaired) electrons. The second kappa shape index (κ2) is 7.78. The van der Waals surface area contributed by atoms with Crippen LogP contribution in [-0.2, 0) is 6.42 Å². The summed E-state index contributed by atoms with van der Waals surface area (Å²) >= 11 is 0. The van der Waals surface area contributed by atoms with Gasteiger partial charge in [0.05, 0.1) is 7.11 Å². The van der Waals surface area contributed by atoms with Gasteiger partial charge in [-0.3, -0.25) is 4.99 Å². The van der Waals surface area contributed by atoms with Crippen molar-refractivity contribution in [3.8, 4) is 5.75 Å². The Morgan fingerprint density at radius 2 is 2.05 bits per heavy atom. The molecule has 0 aliphatic heterocycles. The van der Waals surface area contributed by atoms with Gasteiger partial charge in [-0.05, 0) is 51.3 Å². The lowest BCUT2D eigenvalue weighted by molar-refractivity contribution is 0.414. The standard InChI is InChI=1S/C16H27N3O/c1-16(2,3)19-15(17-4)18-11-7-9-13-8-6-10-14(12-13)20-5/h6,8,10,12H,7,9,11H2,1-5H3,(H2,17,18,19). The Labute approximate surface area is 122 Å². The third-order valence-corrected chi connectivity index (χ3v) is 2.79. The summed E-state index contributed by atoms with van der Waals surface area (Å²) in [7, 11) is 3.49. The molecule has 0 saturated carbocycles. The summed E-state index contributed by atoms with van der Waals surface area (Å²) in [5.41, 5.74) is 1.32. The molecule has 2 N–H and O–H groups in total. The SMILES string of the molecule is CN=C(NCCCc1cccc(OC)c1)NC(C)(C)C. The zero-order valence-corrected chi connectivity index (χ0v) is 13.3. The summed E-state index contributed by atoms with van der Waals surface area (Å²) in [6.45, 7) is 7.26. The van der Waals surface area contributed by atoms with Crippen molar-refractivity contribution < 1.29 is 4.74 Å². The number of rotatable bonds is 5. The van der Waals surface area contributed by atoms with Crippen LogP contribution >= 0.6 is 0 Å². The van der Waals surface area contributed by atoms with E-state index in [0.29, 0.717) is 0 Å². The summed E-state index contributed by atoms with van der Waals surface area (Å²) in [5, 5.41) is 6.67. The topological polar surface area (TPSA) is 45.7 Å². The van der Waals surface area contributed by atoms with Crippen LogP contribution in [0.25, 0.3) is 0 Å². The second-order valence-electron chi connectivity index (χ2n) is 5.83. The first-order valence-corrected chi connectivity index (χ1v) is 7.06. The van der Waals surface area contributed by atoms with Crippen LogP contribution < -0.4 is 15.4 Å². The van der Waals surface area contributed by atoms with Crippen LogP contribution in [0.5, 0.6) is 5.75 Å². The van der Waals surface area contributed by atoms with Crippen molar-refractivity contribution in [2.45, 2.75) is 39.2 Å². The zero-order valence-electron chi connectivity index (χ0n) is 13.3. The fraction of sp³-hybridized carbons (Fsp3) is 0.562. The summed E-state index contributed by atoms with van der Waals surface area (Å²) in [6, 6.07) is 8.21. The molecule has 0 atom stereocenters. The molecule has 0 amide bonds. The van der Waals surface area contributed by atoms with E-state index in [1.165, 1.54) is 5.56 Å². The van der Waals surface area contributed by atoms with E-state index in [-0.39, 0.29) is 5.54 Å². The van der Waals surface area contributed by atoms with Crippen LogP contribution in [-0.4, -0.2) is 32.2 Å². The fourth-order valence-corrected chi connectivity index (χ4v) is 1.86. The third kappa shape index (κ3) is 6.45. The van der Waals surface area contributed by atoms with Gasteiger partial charge in [-0.2, -0.15) is 0 Å². The number of aryl methyl sites for hydroxylation is 1. The normalized spacial score (nSPS) is 12.2. The highest BCUT2D eigenvalue weighted by Gasteiger charge is 2.11. The Bertz CT molecular complexity index is 436. The molecule has 0 spiro atoms. The van der Waals surface area contributed by atoms with Crippen molar-refractivity contribution in [3.05, 3.63) is 29.8 Å². The van der Waals surface area contributed by atoms with Crippen LogP contribution in [0.4, 0.5) is 0 Å². The van der Waals surface area contributed by atoms with E-state index < -0.39 is 0 Å². The monoisotopic (exact) mass is 277 g/mol. The maximum atomic E-state index is 5.23. The molecule has 1 rings (SSSR count). The Hall–Kier alpha value is -1.71. The highest BCUT2D eigenvalue weighted by atomic mass is 16.5. The molecule has 0 aliphatic rings. The van der Waals surface area contributed by atoms with Crippen LogP contribution in [0.1, 0.15) is 32.8 Å². The van der Waals surface area contributed by atoms with Gasteiger partial charge in [0, 0.05) is 19.1 Å². The number of nitrogens with zero attached hydrogens (tertiary/aromatic N) is 1. The number of benzene rings is 1. The Balaban J connectivity index is 2.33. The Morgan fingerprint density at radius 1 is 1.30 bits per heavy atom. The quantitative estimate of drug-likeness (QED) is 0.494. The lowest BCUT2D eigenvalue weighted by atomic mass is 10.1. The minimum Gasteiger partial charge on any atom is -0.497 e. The molecular formula is C16H27N3O. The maximum Gasteiger partial charge on any atom is 0.191 e. The molecule has 0 heterocycles. The largest absolute Gasteiger partial charge is 0.497 e. The Morgan fingerprint density at radius 3 is 2.65 bits per heavy atom. The lowest BCUT2D eigenvalue weighted by Gasteiger charge is -2.23. The van der Waals surface area contributed by atoms with Gasteiger partial charge in [-0.15, -0.1) is 0 Å². The Kier molecular flexibility index (Phi) is 6.36. The van der Waals surface area contributed by atoms with E-state index in [2.05, 4.69) is 48.5 Å². The first kappa shape index (κ1) is 16.3. The van der Waals surface area contributed by atoms with Gasteiger partial charge in [0.25, 0.3) is 0 Å². The molecule has 0 unspecified atom stereocenters. The highest BCUT2D eigenvalue weighted by Crippen LogP contribution is 2.13. The molecule has 0 aromatic heterocycles.